The van der Waals surface area contributed by atoms with E-state index >= 15 is 0 Å². The fourth-order valence-corrected chi connectivity index (χ4v) is 3.82. The van der Waals surface area contributed by atoms with E-state index in [0.717, 1.165) is 12.8 Å². The molecule has 1 aliphatic heterocycles. The molecule has 0 saturated carbocycles. The van der Waals surface area contributed by atoms with Crippen molar-refractivity contribution in [2.75, 3.05) is 0 Å². The third-order valence-electron chi connectivity index (χ3n) is 5.32. The van der Waals surface area contributed by atoms with E-state index in [1.165, 1.54) is 4.57 Å². The average Bonchev–Trinajstić information content (AvgIpc) is 3.02. The minimum absolute atomic E-state index is 0.0490. The quantitative estimate of drug-likeness (QED) is 0.508. The van der Waals surface area contributed by atoms with Crippen LogP contribution in [-0.4, -0.2) is 30.2 Å². The zero-order chi connectivity index (χ0) is 19.4. The highest BCUT2D eigenvalue weighted by atomic mass is 16.5. The van der Waals surface area contributed by atoms with Crippen LogP contribution in [0.4, 0.5) is 0 Å². The van der Waals surface area contributed by atoms with Crippen molar-refractivity contribution in [2.24, 2.45) is 0 Å². The van der Waals surface area contributed by atoms with Gasteiger partial charge in [0.1, 0.15) is 22.7 Å². The number of nitrogens with zero attached hydrogens (tertiary/aromatic N) is 4. The second-order valence-corrected chi connectivity index (χ2v) is 7.25. The van der Waals surface area contributed by atoms with Gasteiger partial charge < -0.3 is 9.30 Å². The van der Waals surface area contributed by atoms with Gasteiger partial charge in [0.25, 0.3) is 0 Å². The summed E-state index contributed by atoms with van der Waals surface area (Å²) in [4.78, 5) is 36.8. The van der Waals surface area contributed by atoms with Gasteiger partial charge in [-0.1, -0.05) is 0 Å². The van der Waals surface area contributed by atoms with Crippen LogP contribution in [0.1, 0.15) is 32.7 Å². The lowest BCUT2D eigenvalue weighted by molar-refractivity contribution is 0.202. The Morgan fingerprint density at radius 2 is 2.00 bits per heavy atom. The molecule has 0 unspecified atom stereocenters. The normalized spacial score (nSPS) is 19.4. The molecule has 5 rings (SSSR count). The highest BCUT2D eigenvalue weighted by Crippen LogP contribution is 2.28. The SMILES string of the molecule is C[C@@H]1CC[C@@H](C)n2ccc(=O)c3ccc(nc32)-n2c(=O)[nH]c3nccc(c32)O1. The molecule has 0 fully saturated rings. The lowest BCUT2D eigenvalue weighted by Gasteiger charge is -2.22. The molecule has 1 N–H and O–H groups in total. The topological polar surface area (TPSA) is 94.8 Å². The van der Waals surface area contributed by atoms with E-state index in [1.54, 1.807) is 36.7 Å². The number of nitrogens with one attached hydrogen (secondary N) is 1. The number of fused-ring (bicyclic) bond motifs is 2. The molecular weight excluding hydrogens is 358 g/mol. The van der Waals surface area contributed by atoms with Gasteiger partial charge in [0.2, 0.25) is 0 Å². The van der Waals surface area contributed by atoms with Crippen LogP contribution in [-0.2, 0) is 0 Å². The summed E-state index contributed by atoms with van der Waals surface area (Å²) in [6.45, 7) is 4.10. The summed E-state index contributed by atoms with van der Waals surface area (Å²) in [6, 6.07) is 6.84. The van der Waals surface area contributed by atoms with Gasteiger partial charge in [0.05, 0.1) is 11.5 Å². The number of aromatic amines is 1. The summed E-state index contributed by atoms with van der Waals surface area (Å²) in [5, 5.41) is 0.533. The minimum Gasteiger partial charge on any atom is -0.488 e. The Labute approximate surface area is 159 Å². The fraction of sp³-hybridized carbons (Fsp3) is 0.300. The lowest BCUT2D eigenvalue weighted by Crippen LogP contribution is -2.21. The standard InChI is InChI=1S/C20H19N5O3/c1-11-3-4-12(2)28-15-7-9-21-18-17(15)25(20(27)23-18)16-6-5-13-14(26)8-10-24(11)19(13)22-16/h5-12H,3-4H2,1-2H3,(H,21,23,27)/t11-,12-/m1/s1. The van der Waals surface area contributed by atoms with Crippen LogP contribution in [0.5, 0.6) is 5.75 Å². The average molecular weight is 377 g/mol. The maximum atomic E-state index is 12.7. The number of hydrogen-bond acceptors (Lipinski definition) is 5. The van der Waals surface area contributed by atoms with Gasteiger partial charge in [-0.05, 0) is 38.8 Å². The molecule has 5 heterocycles. The number of ether oxygens (including phenoxy) is 1. The van der Waals surface area contributed by atoms with Crippen molar-refractivity contribution in [3.63, 3.8) is 0 Å². The molecule has 1 aliphatic rings. The van der Waals surface area contributed by atoms with Gasteiger partial charge in [-0.3, -0.25) is 9.78 Å². The summed E-state index contributed by atoms with van der Waals surface area (Å²) in [5.41, 5.74) is 1.11. The maximum Gasteiger partial charge on any atom is 0.333 e. The van der Waals surface area contributed by atoms with Gasteiger partial charge >= 0.3 is 5.69 Å². The molecule has 0 aromatic carbocycles. The summed E-state index contributed by atoms with van der Waals surface area (Å²) < 4.78 is 9.61. The number of aromatic nitrogens is 5. The second-order valence-electron chi connectivity index (χ2n) is 7.25. The largest absolute Gasteiger partial charge is 0.488 e. The Morgan fingerprint density at radius 3 is 2.86 bits per heavy atom. The van der Waals surface area contributed by atoms with Crippen LogP contribution in [0.15, 0.2) is 46.2 Å². The van der Waals surface area contributed by atoms with Gasteiger partial charge in [-0.2, -0.15) is 0 Å². The first kappa shape index (κ1) is 16.7. The van der Waals surface area contributed by atoms with Gasteiger partial charge in [-0.15, -0.1) is 0 Å². The Hall–Kier alpha value is -3.42. The Morgan fingerprint density at radius 1 is 1.14 bits per heavy atom. The molecule has 0 radical (unpaired) electrons. The van der Waals surface area contributed by atoms with Crippen molar-refractivity contribution in [3.05, 3.63) is 57.4 Å². The van der Waals surface area contributed by atoms with E-state index in [4.69, 9.17) is 9.72 Å². The van der Waals surface area contributed by atoms with Gasteiger partial charge in [-0.25, -0.2) is 19.3 Å². The highest BCUT2D eigenvalue weighted by molar-refractivity contribution is 5.81. The smallest absolute Gasteiger partial charge is 0.333 e. The van der Waals surface area contributed by atoms with Gasteiger partial charge in [0.15, 0.2) is 11.1 Å². The van der Waals surface area contributed by atoms with Crippen molar-refractivity contribution < 1.29 is 4.74 Å². The summed E-state index contributed by atoms with van der Waals surface area (Å²) in [5.74, 6) is 0.998. The van der Waals surface area contributed by atoms with E-state index < -0.39 is 0 Å². The molecule has 0 saturated heterocycles. The Balaban J connectivity index is 1.91. The van der Waals surface area contributed by atoms with E-state index in [9.17, 15) is 9.59 Å². The Kier molecular flexibility index (Phi) is 3.61. The van der Waals surface area contributed by atoms with E-state index in [2.05, 4.69) is 16.9 Å². The third-order valence-corrected chi connectivity index (χ3v) is 5.32. The van der Waals surface area contributed by atoms with E-state index in [0.29, 0.717) is 33.8 Å². The first-order chi connectivity index (χ1) is 13.5. The summed E-state index contributed by atoms with van der Waals surface area (Å²) >= 11 is 0. The molecule has 0 aliphatic carbocycles. The predicted octanol–water partition coefficient (Wildman–Crippen LogP) is 2.55. The highest BCUT2D eigenvalue weighted by Gasteiger charge is 2.20. The second kappa shape index (κ2) is 6.05. The first-order valence-electron chi connectivity index (χ1n) is 9.31. The number of rotatable bonds is 0. The predicted molar refractivity (Wildman–Crippen MR) is 105 cm³/mol. The molecule has 28 heavy (non-hydrogen) atoms. The summed E-state index contributed by atoms with van der Waals surface area (Å²) in [6.07, 6.45) is 5.01. The molecule has 2 atom stereocenters. The first-order valence-corrected chi connectivity index (χ1v) is 9.31. The number of imidazole rings is 1. The molecule has 0 spiro atoms. The molecular formula is C20H19N5O3. The number of hydrogen-bond donors (Lipinski definition) is 1. The molecule has 4 aromatic rings. The molecule has 8 heteroatoms. The molecule has 142 valence electrons. The zero-order valence-electron chi connectivity index (χ0n) is 15.5. The number of H-pyrrole nitrogens is 1. The van der Waals surface area contributed by atoms with Crippen LogP contribution < -0.4 is 15.9 Å². The lowest BCUT2D eigenvalue weighted by atomic mass is 10.1. The monoisotopic (exact) mass is 377 g/mol. The summed E-state index contributed by atoms with van der Waals surface area (Å²) in [7, 11) is 0. The molecule has 4 aromatic heterocycles. The van der Waals surface area contributed by atoms with Crippen molar-refractivity contribution in [1.29, 1.82) is 0 Å². The van der Waals surface area contributed by atoms with Crippen LogP contribution in [0, 0.1) is 0 Å². The Bertz CT molecular complexity index is 1330. The third kappa shape index (κ3) is 2.45. The zero-order valence-corrected chi connectivity index (χ0v) is 15.5. The van der Waals surface area contributed by atoms with Crippen molar-refractivity contribution in [3.8, 4) is 11.6 Å². The molecule has 8 nitrogen and oxygen atoms in total. The van der Waals surface area contributed by atoms with Gasteiger partial charge in [0, 0.05) is 30.6 Å². The van der Waals surface area contributed by atoms with Crippen molar-refractivity contribution in [2.45, 2.75) is 38.8 Å². The molecule has 2 bridgehead atoms. The van der Waals surface area contributed by atoms with Crippen LogP contribution in [0.2, 0.25) is 0 Å². The fourth-order valence-electron chi connectivity index (χ4n) is 3.82. The van der Waals surface area contributed by atoms with Crippen LogP contribution >= 0.6 is 0 Å². The van der Waals surface area contributed by atoms with Crippen molar-refractivity contribution >= 4 is 22.2 Å². The van der Waals surface area contributed by atoms with E-state index in [-0.39, 0.29) is 23.3 Å². The van der Waals surface area contributed by atoms with Crippen LogP contribution in [0.3, 0.4) is 0 Å². The van der Waals surface area contributed by atoms with E-state index in [1.807, 2.05) is 11.5 Å². The maximum absolute atomic E-state index is 12.7. The molecule has 0 amide bonds. The minimum atomic E-state index is -0.354. The van der Waals surface area contributed by atoms with Crippen LogP contribution in [0.25, 0.3) is 28.0 Å². The number of pyridine rings is 3. The van der Waals surface area contributed by atoms with Crippen molar-refractivity contribution in [1.82, 2.24) is 24.1 Å².